The summed E-state index contributed by atoms with van der Waals surface area (Å²) in [5.74, 6) is -3.30. The van der Waals surface area contributed by atoms with Gasteiger partial charge in [-0.2, -0.15) is 0 Å². The molecule has 0 aliphatic carbocycles. The van der Waals surface area contributed by atoms with Crippen LogP contribution in [0.3, 0.4) is 0 Å². The van der Waals surface area contributed by atoms with E-state index in [1.54, 1.807) is 32.0 Å². The highest BCUT2D eigenvalue weighted by Gasteiger charge is 2.48. The van der Waals surface area contributed by atoms with Gasteiger partial charge in [0.05, 0.1) is 36.5 Å². The summed E-state index contributed by atoms with van der Waals surface area (Å²) >= 11 is 0.857. The van der Waals surface area contributed by atoms with E-state index in [1.807, 2.05) is 0 Å². The van der Waals surface area contributed by atoms with Crippen LogP contribution in [-0.4, -0.2) is 58.0 Å². The fraction of sp³-hybridized carbons (Fsp3) is 0.222. The molecular weight excluding hydrogens is 558 g/mol. The average Bonchev–Trinajstić information content (AvgIpc) is 3.43. The predicted molar refractivity (Wildman–Crippen MR) is 147 cm³/mol. The fourth-order valence-electron chi connectivity index (χ4n) is 4.07. The minimum Gasteiger partial charge on any atom is -0.507 e. The van der Waals surface area contributed by atoms with Crippen molar-refractivity contribution in [1.29, 1.82) is 0 Å². The van der Waals surface area contributed by atoms with Gasteiger partial charge in [0.2, 0.25) is 0 Å². The second kappa shape index (κ2) is 12.4. The summed E-state index contributed by atoms with van der Waals surface area (Å²) in [4.78, 5) is 63.9. The number of methoxy groups -OCH3 is 2. The summed E-state index contributed by atoms with van der Waals surface area (Å²) in [6.45, 7) is 4.40. The summed E-state index contributed by atoms with van der Waals surface area (Å²) in [6, 6.07) is 8.88. The van der Waals surface area contributed by atoms with Gasteiger partial charge in [-0.1, -0.05) is 11.3 Å². The Bertz CT molecular complexity index is 1570. The van der Waals surface area contributed by atoms with Gasteiger partial charge >= 0.3 is 11.9 Å². The Morgan fingerprint density at radius 3 is 2.20 bits per heavy atom. The number of nitro benzene ring substituents is 1. The number of rotatable bonds is 6. The number of non-ortho nitro benzene ring substituents is 1. The number of amides is 1. The zero-order valence-corrected chi connectivity index (χ0v) is 23.3. The number of aliphatic hydroxyl groups excluding tert-OH is 1. The number of nitro groups is 1. The number of carbonyl (C=O) groups is 4. The first-order valence-corrected chi connectivity index (χ1v) is 12.6. The minimum absolute atomic E-state index is 0.0355. The molecule has 0 radical (unpaired) electrons. The maximum Gasteiger partial charge on any atom is 0.350 e. The Morgan fingerprint density at radius 2 is 1.68 bits per heavy atom. The number of thiazole rings is 1. The number of nitrogens with zero attached hydrogens (tertiary/aromatic N) is 3. The van der Waals surface area contributed by atoms with E-state index >= 15 is 0 Å². The van der Waals surface area contributed by atoms with E-state index in [-0.39, 0.29) is 26.8 Å². The smallest absolute Gasteiger partial charge is 0.350 e. The van der Waals surface area contributed by atoms with E-state index in [4.69, 9.17) is 19.4 Å². The number of aliphatic carboxylic acids is 1. The number of aromatic nitrogens is 1. The number of hydrogen-bond acceptors (Lipinski definition) is 11. The summed E-state index contributed by atoms with van der Waals surface area (Å²) in [5.41, 5.74) is 1.16. The van der Waals surface area contributed by atoms with Gasteiger partial charge in [-0.25, -0.2) is 9.78 Å². The minimum atomic E-state index is -1.17. The van der Waals surface area contributed by atoms with Gasteiger partial charge in [-0.15, -0.1) is 0 Å². The Hall–Kier alpha value is -5.11. The number of ketones is 1. The molecule has 1 aliphatic heterocycles. The van der Waals surface area contributed by atoms with Crippen molar-refractivity contribution in [3.05, 3.63) is 85.4 Å². The van der Waals surface area contributed by atoms with E-state index in [2.05, 4.69) is 4.98 Å². The number of anilines is 1. The van der Waals surface area contributed by atoms with Crippen molar-refractivity contribution in [2.75, 3.05) is 19.1 Å². The number of hydrogen-bond donors (Lipinski definition) is 2. The van der Waals surface area contributed by atoms with E-state index in [0.29, 0.717) is 22.6 Å². The van der Waals surface area contributed by atoms with Gasteiger partial charge in [0.15, 0.2) is 5.13 Å². The van der Waals surface area contributed by atoms with Gasteiger partial charge in [-0.05, 0) is 55.3 Å². The summed E-state index contributed by atoms with van der Waals surface area (Å²) < 4.78 is 10.0. The normalized spacial score (nSPS) is 15.6. The van der Waals surface area contributed by atoms with Gasteiger partial charge in [-0.3, -0.25) is 29.4 Å². The highest BCUT2D eigenvalue weighted by Crippen LogP contribution is 2.44. The molecule has 3 aromatic rings. The van der Waals surface area contributed by atoms with E-state index in [1.165, 1.54) is 38.5 Å². The molecule has 0 spiro atoms. The molecule has 214 valence electrons. The Kier molecular flexibility index (Phi) is 9.19. The third kappa shape index (κ3) is 6.22. The SMILES string of the molecule is CC(=O)O.COC(=O)c1sc(N2C(=O)C(=O)C(=C(O)c3ccc(OC)c(C)c3)C2c2ccc([N+](=O)[O-])cc2)nc1C. The van der Waals surface area contributed by atoms with E-state index in [0.717, 1.165) is 23.2 Å². The zero-order chi connectivity index (χ0) is 30.6. The van der Waals surface area contributed by atoms with Crippen molar-refractivity contribution < 1.29 is 43.8 Å². The molecule has 1 saturated heterocycles. The number of aryl methyl sites for hydroxylation is 2. The van der Waals surface area contributed by atoms with E-state index in [9.17, 15) is 29.6 Å². The highest BCUT2D eigenvalue weighted by molar-refractivity contribution is 7.17. The predicted octanol–water partition coefficient (Wildman–Crippen LogP) is 4.18. The van der Waals surface area contributed by atoms with Crippen LogP contribution in [0.4, 0.5) is 10.8 Å². The van der Waals surface area contributed by atoms with Crippen LogP contribution in [0.15, 0.2) is 48.0 Å². The standard InChI is InChI=1S/C25H21N3O8S.C2H4O2/c1-12-11-15(7-10-17(12)35-3)20(29)18-19(14-5-8-16(9-6-14)28(33)34)27(23(31)21(18)30)25-26-13(2)22(37-25)24(32)36-4;1-2(3)4/h5-11,19,29H,1-4H3;1H3,(H,3,4). The lowest BCUT2D eigenvalue weighted by atomic mass is 9.94. The van der Waals surface area contributed by atoms with Crippen LogP contribution >= 0.6 is 11.3 Å². The topological polar surface area (TPSA) is 186 Å². The first-order valence-electron chi connectivity index (χ1n) is 11.8. The third-order valence-electron chi connectivity index (χ3n) is 5.89. The Balaban J connectivity index is 0.00000108. The molecule has 41 heavy (non-hydrogen) atoms. The molecule has 0 saturated carbocycles. The number of ether oxygens (including phenoxy) is 2. The largest absolute Gasteiger partial charge is 0.507 e. The molecular formula is C27H25N3O10S. The molecule has 1 aliphatic rings. The molecule has 1 unspecified atom stereocenters. The lowest BCUT2D eigenvalue weighted by molar-refractivity contribution is -0.384. The zero-order valence-electron chi connectivity index (χ0n) is 22.5. The maximum absolute atomic E-state index is 13.3. The van der Waals surface area contributed by atoms with Crippen LogP contribution in [0.1, 0.15) is 45.0 Å². The molecule has 2 heterocycles. The van der Waals surface area contributed by atoms with Gasteiger partial charge in [0.25, 0.3) is 17.4 Å². The molecule has 2 aromatic carbocycles. The van der Waals surface area contributed by atoms with Crippen LogP contribution in [0.2, 0.25) is 0 Å². The molecule has 2 N–H and O–H groups in total. The second-order valence-electron chi connectivity index (χ2n) is 8.62. The second-order valence-corrected chi connectivity index (χ2v) is 9.60. The lowest BCUT2D eigenvalue weighted by Crippen LogP contribution is -2.29. The number of Topliss-reactive ketones (excluding diaryl/α,β-unsaturated/α-hetero) is 1. The maximum atomic E-state index is 13.3. The number of aliphatic hydroxyl groups is 1. The first kappa shape index (κ1) is 30.4. The Labute approximate surface area is 237 Å². The van der Waals surface area contributed by atoms with Crippen molar-refractivity contribution in [3.63, 3.8) is 0 Å². The molecule has 0 bridgehead atoms. The van der Waals surface area contributed by atoms with Crippen molar-refractivity contribution >= 4 is 51.5 Å². The quantitative estimate of drug-likeness (QED) is 0.106. The third-order valence-corrected chi connectivity index (χ3v) is 7.03. The van der Waals surface area contributed by atoms with Gasteiger partial charge in [0, 0.05) is 24.6 Å². The van der Waals surface area contributed by atoms with Crippen LogP contribution in [0.25, 0.3) is 5.76 Å². The molecule has 1 amide bonds. The number of esters is 1. The van der Waals surface area contributed by atoms with Crippen LogP contribution in [-0.2, 0) is 19.1 Å². The van der Waals surface area contributed by atoms with Crippen molar-refractivity contribution in [2.45, 2.75) is 26.8 Å². The number of carbonyl (C=O) groups excluding carboxylic acids is 3. The van der Waals surface area contributed by atoms with Crippen molar-refractivity contribution in [3.8, 4) is 5.75 Å². The molecule has 1 atom stereocenters. The number of benzene rings is 2. The molecule has 1 fully saturated rings. The van der Waals surface area contributed by atoms with Gasteiger partial charge < -0.3 is 19.7 Å². The number of carboxylic acid groups (broad SMARTS) is 1. The summed E-state index contributed by atoms with van der Waals surface area (Å²) in [7, 11) is 2.71. The van der Waals surface area contributed by atoms with Crippen LogP contribution in [0.5, 0.6) is 5.75 Å². The average molecular weight is 584 g/mol. The summed E-state index contributed by atoms with van der Waals surface area (Å²) in [5, 5.41) is 29.9. The van der Waals surface area contributed by atoms with Gasteiger partial charge in [0.1, 0.15) is 16.4 Å². The van der Waals surface area contributed by atoms with Crippen molar-refractivity contribution in [2.24, 2.45) is 0 Å². The monoisotopic (exact) mass is 583 g/mol. The summed E-state index contributed by atoms with van der Waals surface area (Å²) in [6.07, 6.45) is 0. The van der Waals surface area contributed by atoms with Crippen molar-refractivity contribution in [1.82, 2.24) is 4.98 Å². The highest BCUT2D eigenvalue weighted by atomic mass is 32.1. The fourth-order valence-corrected chi connectivity index (χ4v) is 5.08. The van der Waals surface area contributed by atoms with E-state index < -0.39 is 40.4 Å². The first-order chi connectivity index (χ1) is 19.3. The molecule has 4 rings (SSSR count). The lowest BCUT2D eigenvalue weighted by Gasteiger charge is -2.23. The molecule has 14 heteroatoms. The molecule has 13 nitrogen and oxygen atoms in total. The van der Waals surface area contributed by atoms with Crippen LogP contribution < -0.4 is 9.64 Å². The molecule has 1 aromatic heterocycles. The van der Waals surface area contributed by atoms with Crippen LogP contribution in [0, 0.1) is 24.0 Å². The Morgan fingerprint density at radius 1 is 1.07 bits per heavy atom. The number of carboxylic acids is 1.